The molecule has 1 fully saturated rings. The van der Waals surface area contributed by atoms with Crippen molar-refractivity contribution in [2.45, 2.75) is 31.5 Å². The van der Waals surface area contributed by atoms with Crippen LogP contribution in [0.1, 0.15) is 41.4 Å². The summed E-state index contributed by atoms with van der Waals surface area (Å²) < 4.78 is 14.5. The summed E-state index contributed by atoms with van der Waals surface area (Å²) in [6, 6.07) is 13.3. The van der Waals surface area contributed by atoms with Gasteiger partial charge in [-0.2, -0.15) is 9.97 Å². The summed E-state index contributed by atoms with van der Waals surface area (Å²) in [5.74, 6) is 1.42. The highest BCUT2D eigenvalue weighted by atomic mass is 35.5. The Hall–Kier alpha value is -4.09. The summed E-state index contributed by atoms with van der Waals surface area (Å²) >= 11 is 5.99. The Kier molecular flexibility index (Phi) is 6.15. The van der Waals surface area contributed by atoms with Gasteiger partial charge in [0, 0.05) is 24.2 Å². The van der Waals surface area contributed by atoms with Crippen molar-refractivity contribution in [3.8, 4) is 0 Å². The normalized spacial score (nSPS) is 17.5. The van der Waals surface area contributed by atoms with Crippen molar-refractivity contribution < 1.29 is 9.26 Å². The second-order valence-corrected chi connectivity index (χ2v) is 9.31. The molecule has 1 N–H and O–H groups in total. The van der Waals surface area contributed by atoms with Crippen LogP contribution in [0.2, 0.25) is 5.02 Å². The predicted molar refractivity (Wildman–Crippen MR) is 135 cm³/mol. The molecule has 2 atom stereocenters. The lowest BCUT2D eigenvalue weighted by Crippen LogP contribution is -2.23. The minimum Gasteiger partial charge on any atom is -0.373 e. The average Bonchev–Trinajstić information content (AvgIpc) is 3.65. The maximum absolute atomic E-state index is 13.2. The van der Waals surface area contributed by atoms with Crippen LogP contribution in [-0.2, 0) is 24.9 Å². The molecule has 188 valence electrons. The lowest BCUT2D eigenvalue weighted by Gasteiger charge is -2.09. The molecule has 11 nitrogen and oxygen atoms in total. The summed E-state index contributed by atoms with van der Waals surface area (Å²) in [6.45, 7) is 1.06. The van der Waals surface area contributed by atoms with Crippen molar-refractivity contribution in [1.82, 2.24) is 34.2 Å². The van der Waals surface area contributed by atoms with Crippen LogP contribution < -0.4 is 10.9 Å². The van der Waals surface area contributed by atoms with E-state index in [1.165, 1.54) is 10.9 Å². The fourth-order valence-corrected chi connectivity index (χ4v) is 4.56. The monoisotopic (exact) mass is 518 g/mol. The van der Waals surface area contributed by atoms with Gasteiger partial charge in [-0.15, -0.1) is 0 Å². The van der Waals surface area contributed by atoms with Gasteiger partial charge in [0.15, 0.2) is 17.0 Å². The van der Waals surface area contributed by atoms with E-state index >= 15 is 0 Å². The van der Waals surface area contributed by atoms with Crippen molar-refractivity contribution in [3.63, 3.8) is 0 Å². The second-order valence-electron chi connectivity index (χ2n) is 8.87. The lowest BCUT2D eigenvalue weighted by atomic mass is 10.0. The van der Waals surface area contributed by atoms with Gasteiger partial charge in [-0.05, 0) is 36.2 Å². The maximum Gasteiger partial charge on any atom is 0.280 e. The average molecular weight is 519 g/mol. The summed E-state index contributed by atoms with van der Waals surface area (Å²) in [4.78, 5) is 30.9. The molecule has 12 heteroatoms. The summed E-state index contributed by atoms with van der Waals surface area (Å²) in [7, 11) is 1.77. The largest absolute Gasteiger partial charge is 0.373 e. The van der Waals surface area contributed by atoms with Crippen molar-refractivity contribution in [1.29, 1.82) is 0 Å². The number of halogens is 1. The zero-order chi connectivity index (χ0) is 25.4. The van der Waals surface area contributed by atoms with Gasteiger partial charge in [0.25, 0.3) is 5.56 Å². The number of imidazole rings is 1. The number of nitrogens with one attached hydrogen (secondary N) is 1. The number of hydrogen-bond acceptors (Lipinski definition) is 9. The molecule has 0 aliphatic carbocycles. The standard InChI is InChI=1S/C25H23ClN8O3/c1-33-21-23(31-25(33)28-11-18-4-2-3-9-27-18)29-14-34(24(21)35)12-20-30-22(32-37-20)16-10-19(36-13-16)15-5-7-17(26)8-6-15/h2-9,14,16,19H,10-13H2,1H3,(H,28,31)/t16-,19+/m0/s1. The predicted octanol–water partition coefficient (Wildman–Crippen LogP) is 3.47. The van der Waals surface area contributed by atoms with Crippen LogP contribution in [0.4, 0.5) is 5.95 Å². The Balaban J connectivity index is 1.16. The number of pyridine rings is 1. The van der Waals surface area contributed by atoms with Crippen LogP contribution in [0.3, 0.4) is 0 Å². The van der Waals surface area contributed by atoms with E-state index in [1.807, 2.05) is 42.5 Å². The van der Waals surface area contributed by atoms with Gasteiger partial charge in [-0.1, -0.05) is 35.0 Å². The van der Waals surface area contributed by atoms with E-state index in [4.69, 9.17) is 20.9 Å². The fraction of sp³-hybridized carbons (Fsp3) is 0.280. The van der Waals surface area contributed by atoms with Crippen molar-refractivity contribution >= 4 is 28.7 Å². The van der Waals surface area contributed by atoms with Crippen molar-refractivity contribution in [3.05, 3.63) is 93.3 Å². The van der Waals surface area contributed by atoms with E-state index in [0.29, 0.717) is 47.0 Å². The Labute approximate surface area is 216 Å². The molecule has 4 aromatic heterocycles. The Morgan fingerprint density at radius 1 is 1.14 bits per heavy atom. The Morgan fingerprint density at radius 3 is 2.81 bits per heavy atom. The zero-order valence-electron chi connectivity index (χ0n) is 19.9. The molecule has 0 radical (unpaired) electrons. The second kappa shape index (κ2) is 9.75. The van der Waals surface area contributed by atoms with E-state index in [-0.39, 0.29) is 24.1 Å². The minimum atomic E-state index is -0.252. The number of nitrogens with zero attached hydrogens (tertiary/aromatic N) is 7. The molecule has 0 spiro atoms. The third-order valence-electron chi connectivity index (χ3n) is 6.41. The molecule has 1 aromatic carbocycles. The smallest absolute Gasteiger partial charge is 0.280 e. The van der Waals surface area contributed by atoms with Crippen LogP contribution in [0.25, 0.3) is 11.2 Å². The first-order chi connectivity index (χ1) is 18.0. The maximum atomic E-state index is 13.2. The highest BCUT2D eigenvalue weighted by Crippen LogP contribution is 2.37. The molecule has 5 heterocycles. The van der Waals surface area contributed by atoms with Crippen LogP contribution >= 0.6 is 11.6 Å². The van der Waals surface area contributed by atoms with Gasteiger partial charge in [0.2, 0.25) is 11.8 Å². The van der Waals surface area contributed by atoms with Gasteiger partial charge in [-0.3, -0.25) is 14.3 Å². The number of aromatic nitrogens is 7. The van der Waals surface area contributed by atoms with Crippen LogP contribution in [0.5, 0.6) is 0 Å². The Bertz CT molecular complexity index is 1600. The molecule has 5 aromatic rings. The Morgan fingerprint density at radius 2 is 2.00 bits per heavy atom. The molecule has 0 saturated carbocycles. The quantitative estimate of drug-likeness (QED) is 0.344. The number of hydrogen-bond donors (Lipinski definition) is 1. The molecule has 37 heavy (non-hydrogen) atoms. The van der Waals surface area contributed by atoms with E-state index in [2.05, 4.69) is 30.4 Å². The van der Waals surface area contributed by atoms with Crippen LogP contribution in [-0.4, -0.2) is 40.8 Å². The van der Waals surface area contributed by atoms with E-state index in [9.17, 15) is 4.79 Å². The molecular formula is C25H23ClN8O3. The van der Waals surface area contributed by atoms with E-state index < -0.39 is 0 Å². The molecule has 0 amide bonds. The SMILES string of the molecule is Cn1c(NCc2ccccn2)nc2ncn(Cc3nc([C@@H]4CO[C@@H](c5ccc(Cl)cc5)C4)no3)c(=O)c21. The topological polar surface area (TPSA) is 126 Å². The number of aryl methyl sites for hydroxylation is 1. The summed E-state index contributed by atoms with van der Waals surface area (Å²) in [5.41, 5.74) is 2.40. The van der Waals surface area contributed by atoms with E-state index in [0.717, 1.165) is 17.7 Å². The molecule has 6 rings (SSSR count). The first-order valence-corrected chi connectivity index (χ1v) is 12.2. The highest BCUT2D eigenvalue weighted by Gasteiger charge is 2.31. The summed E-state index contributed by atoms with van der Waals surface area (Å²) in [6.07, 6.45) is 3.85. The lowest BCUT2D eigenvalue weighted by molar-refractivity contribution is 0.110. The number of rotatable bonds is 7. The van der Waals surface area contributed by atoms with Crippen molar-refractivity contribution in [2.75, 3.05) is 11.9 Å². The molecule has 1 aliphatic heterocycles. The number of anilines is 1. The van der Waals surface area contributed by atoms with Gasteiger partial charge >= 0.3 is 0 Å². The third-order valence-corrected chi connectivity index (χ3v) is 6.66. The third kappa shape index (κ3) is 4.70. The van der Waals surface area contributed by atoms with Crippen molar-refractivity contribution in [2.24, 2.45) is 7.05 Å². The van der Waals surface area contributed by atoms with Crippen LogP contribution in [0.15, 0.2) is 64.3 Å². The molecule has 0 bridgehead atoms. The summed E-state index contributed by atoms with van der Waals surface area (Å²) in [5, 5.41) is 8.04. The minimum absolute atomic E-state index is 0.000292. The van der Waals surface area contributed by atoms with Crippen LogP contribution in [0, 0.1) is 0 Å². The number of fused-ring (bicyclic) bond motifs is 1. The molecule has 1 aliphatic rings. The number of ether oxygens (including phenoxy) is 1. The van der Waals surface area contributed by atoms with Gasteiger partial charge in [0.05, 0.1) is 24.9 Å². The molecule has 0 unspecified atom stereocenters. The fourth-order valence-electron chi connectivity index (χ4n) is 4.43. The highest BCUT2D eigenvalue weighted by molar-refractivity contribution is 6.30. The molecular weight excluding hydrogens is 496 g/mol. The van der Waals surface area contributed by atoms with Gasteiger partial charge < -0.3 is 19.1 Å². The van der Waals surface area contributed by atoms with Gasteiger partial charge in [0.1, 0.15) is 12.9 Å². The van der Waals surface area contributed by atoms with Gasteiger partial charge in [-0.25, -0.2) is 4.98 Å². The first kappa shape index (κ1) is 23.3. The molecule has 1 saturated heterocycles. The first-order valence-electron chi connectivity index (χ1n) is 11.8. The number of benzene rings is 1. The van der Waals surface area contributed by atoms with E-state index in [1.54, 1.807) is 17.8 Å². The zero-order valence-corrected chi connectivity index (χ0v) is 20.7.